The molecule has 1 aromatic carbocycles. The van der Waals surface area contributed by atoms with Gasteiger partial charge >= 0.3 is 0 Å². The van der Waals surface area contributed by atoms with Crippen LogP contribution in [0.5, 0.6) is 0 Å². The normalized spacial score (nSPS) is 12.2. The minimum atomic E-state index is -0.976. The highest BCUT2D eigenvalue weighted by Crippen LogP contribution is 2.17. The minimum Gasteiger partial charge on any atom is -0.361 e. The molecule has 2 aromatic rings. The van der Waals surface area contributed by atoms with Crippen molar-refractivity contribution < 1.29 is 4.74 Å². The zero-order chi connectivity index (χ0) is 13.2. The van der Waals surface area contributed by atoms with Crippen molar-refractivity contribution in [1.29, 1.82) is 0 Å². The zero-order valence-electron chi connectivity index (χ0n) is 11.9. The lowest BCUT2D eigenvalue weighted by molar-refractivity contribution is 0.0902. The molecular formula is C15H23NOSi. The Kier molecular flexibility index (Phi) is 3.93. The summed E-state index contributed by atoms with van der Waals surface area (Å²) in [4.78, 5) is 0. The molecule has 18 heavy (non-hydrogen) atoms. The first-order valence-electron chi connectivity index (χ1n) is 6.59. The van der Waals surface area contributed by atoms with Gasteiger partial charge in [0.2, 0.25) is 0 Å². The topological polar surface area (TPSA) is 14.2 Å². The second kappa shape index (κ2) is 5.29. The Morgan fingerprint density at radius 2 is 1.94 bits per heavy atom. The average Bonchev–Trinajstić information content (AvgIpc) is 2.66. The third-order valence-electron chi connectivity index (χ3n) is 3.16. The number of aromatic nitrogens is 1. The van der Waals surface area contributed by atoms with Gasteiger partial charge in [-0.1, -0.05) is 31.8 Å². The van der Waals surface area contributed by atoms with Gasteiger partial charge in [-0.05, 0) is 36.1 Å². The number of hydrogen-bond acceptors (Lipinski definition) is 1. The maximum Gasteiger partial charge on any atom is 0.122 e. The Labute approximate surface area is 111 Å². The Morgan fingerprint density at radius 3 is 2.67 bits per heavy atom. The van der Waals surface area contributed by atoms with Crippen LogP contribution in [0, 0.1) is 6.92 Å². The predicted molar refractivity (Wildman–Crippen MR) is 80.8 cm³/mol. The van der Waals surface area contributed by atoms with E-state index >= 15 is 0 Å². The Hall–Kier alpha value is -1.06. The lowest BCUT2D eigenvalue weighted by Gasteiger charge is -2.15. The second-order valence-corrected chi connectivity index (χ2v) is 11.8. The van der Waals surface area contributed by atoms with E-state index in [1.165, 1.54) is 22.5 Å². The van der Waals surface area contributed by atoms with Crippen molar-refractivity contribution in [2.45, 2.75) is 39.3 Å². The highest BCUT2D eigenvalue weighted by molar-refractivity contribution is 6.76. The van der Waals surface area contributed by atoms with E-state index in [1.54, 1.807) is 0 Å². The quantitative estimate of drug-likeness (QED) is 0.579. The smallest absolute Gasteiger partial charge is 0.122 e. The molecule has 2 rings (SSSR count). The van der Waals surface area contributed by atoms with E-state index in [0.29, 0.717) is 6.73 Å². The molecule has 3 heteroatoms. The molecule has 0 aliphatic carbocycles. The molecule has 0 bridgehead atoms. The van der Waals surface area contributed by atoms with Gasteiger partial charge in [0, 0.05) is 20.9 Å². The van der Waals surface area contributed by atoms with Crippen molar-refractivity contribution in [3.63, 3.8) is 0 Å². The fourth-order valence-electron chi connectivity index (χ4n) is 1.95. The number of fused-ring (bicyclic) bond motifs is 1. The number of aryl methyl sites for hydroxylation is 1. The van der Waals surface area contributed by atoms with Crippen LogP contribution in [0.2, 0.25) is 25.7 Å². The van der Waals surface area contributed by atoms with E-state index in [-0.39, 0.29) is 0 Å². The number of benzene rings is 1. The molecule has 0 aliphatic heterocycles. The largest absolute Gasteiger partial charge is 0.361 e. The fraction of sp³-hybridized carbons (Fsp3) is 0.467. The molecule has 0 amide bonds. The number of rotatable bonds is 5. The van der Waals surface area contributed by atoms with E-state index in [2.05, 4.69) is 61.6 Å². The summed E-state index contributed by atoms with van der Waals surface area (Å²) in [6, 6.07) is 9.92. The van der Waals surface area contributed by atoms with Crippen molar-refractivity contribution in [2.75, 3.05) is 6.61 Å². The molecule has 0 N–H and O–H groups in total. The summed E-state index contributed by atoms with van der Waals surface area (Å²) in [5.74, 6) is 0. The highest BCUT2D eigenvalue weighted by Gasteiger charge is 2.12. The molecule has 0 unspecified atom stereocenters. The summed E-state index contributed by atoms with van der Waals surface area (Å²) >= 11 is 0. The summed E-state index contributed by atoms with van der Waals surface area (Å²) < 4.78 is 7.99. The molecule has 0 radical (unpaired) electrons. The van der Waals surface area contributed by atoms with Gasteiger partial charge in [0.15, 0.2) is 0 Å². The van der Waals surface area contributed by atoms with Crippen LogP contribution in [-0.2, 0) is 11.5 Å². The van der Waals surface area contributed by atoms with Crippen LogP contribution < -0.4 is 0 Å². The molecule has 0 spiro atoms. The van der Waals surface area contributed by atoms with Crippen LogP contribution in [0.15, 0.2) is 30.5 Å². The minimum absolute atomic E-state index is 0.664. The molecule has 0 saturated carbocycles. The Morgan fingerprint density at radius 1 is 1.17 bits per heavy atom. The maximum absolute atomic E-state index is 5.80. The van der Waals surface area contributed by atoms with Gasteiger partial charge in [-0.3, -0.25) is 0 Å². The van der Waals surface area contributed by atoms with Crippen molar-refractivity contribution >= 4 is 19.0 Å². The SMILES string of the molecule is Cc1ccc2ccn(COCC[Si](C)(C)C)c2c1. The van der Waals surface area contributed by atoms with Crippen LogP contribution >= 0.6 is 0 Å². The first-order valence-corrected chi connectivity index (χ1v) is 10.3. The lowest BCUT2D eigenvalue weighted by Crippen LogP contribution is -2.21. The summed E-state index contributed by atoms with van der Waals surface area (Å²) in [6.07, 6.45) is 2.11. The summed E-state index contributed by atoms with van der Waals surface area (Å²) in [6.45, 7) is 10.8. The summed E-state index contributed by atoms with van der Waals surface area (Å²) in [5, 5.41) is 1.29. The van der Waals surface area contributed by atoms with Crippen molar-refractivity contribution in [2.24, 2.45) is 0 Å². The first-order chi connectivity index (χ1) is 8.46. The summed E-state index contributed by atoms with van der Waals surface area (Å²) in [5.41, 5.74) is 2.56. The van der Waals surface area contributed by atoms with Crippen LogP contribution in [0.3, 0.4) is 0 Å². The van der Waals surface area contributed by atoms with E-state index in [0.717, 1.165) is 6.61 Å². The van der Waals surface area contributed by atoms with E-state index in [1.807, 2.05) is 0 Å². The molecule has 0 fully saturated rings. The van der Waals surface area contributed by atoms with Crippen LogP contribution in [0.4, 0.5) is 0 Å². The van der Waals surface area contributed by atoms with E-state index in [4.69, 9.17) is 4.74 Å². The van der Waals surface area contributed by atoms with Crippen LogP contribution in [0.1, 0.15) is 5.56 Å². The van der Waals surface area contributed by atoms with Gasteiger partial charge in [-0.25, -0.2) is 0 Å². The van der Waals surface area contributed by atoms with Crippen molar-refractivity contribution in [3.05, 3.63) is 36.0 Å². The predicted octanol–water partition coefficient (Wildman–Crippen LogP) is 4.26. The maximum atomic E-state index is 5.80. The van der Waals surface area contributed by atoms with Gasteiger partial charge < -0.3 is 9.30 Å². The lowest BCUT2D eigenvalue weighted by atomic mass is 10.2. The molecule has 1 heterocycles. The molecule has 0 saturated heterocycles. The zero-order valence-corrected chi connectivity index (χ0v) is 12.9. The average molecular weight is 261 g/mol. The third-order valence-corrected chi connectivity index (χ3v) is 4.86. The molecule has 1 aromatic heterocycles. The molecule has 98 valence electrons. The molecule has 0 atom stereocenters. The first kappa shape index (κ1) is 13.4. The monoisotopic (exact) mass is 261 g/mol. The van der Waals surface area contributed by atoms with Crippen molar-refractivity contribution in [1.82, 2.24) is 4.57 Å². The Bertz CT molecular complexity index is 525. The van der Waals surface area contributed by atoms with Gasteiger partial charge in [-0.2, -0.15) is 0 Å². The number of ether oxygens (including phenoxy) is 1. The van der Waals surface area contributed by atoms with Crippen LogP contribution in [-0.4, -0.2) is 19.2 Å². The van der Waals surface area contributed by atoms with Gasteiger partial charge in [0.05, 0.1) is 5.52 Å². The summed E-state index contributed by atoms with van der Waals surface area (Å²) in [7, 11) is -0.976. The van der Waals surface area contributed by atoms with E-state index < -0.39 is 8.07 Å². The molecule has 2 nitrogen and oxygen atoms in total. The fourth-order valence-corrected chi connectivity index (χ4v) is 2.70. The van der Waals surface area contributed by atoms with Crippen LogP contribution in [0.25, 0.3) is 10.9 Å². The second-order valence-electron chi connectivity index (χ2n) is 6.20. The number of nitrogens with zero attached hydrogens (tertiary/aromatic N) is 1. The number of hydrogen-bond donors (Lipinski definition) is 0. The molecular weight excluding hydrogens is 238 g/mol. The Balaban J connectivity index is 1.98. The third kappa shape index (κ3) is 3.46. The van der Waals surface area contributed by atoms with Gasteiger partial charge in [-0.15, -0.1) is 0 Å². The van der Waals surface area contributed by atoms with Crippen molar-refractivity contribution in [3.8, 4) is 0 Å². The van der Waals surface area contributed by atoms with Gasteiger partial charge in [0.25, 0.3) is 0 Å². The van der Waals surface area contributed by atoms with E-state index in [9.17, 15) is 0 Å². The molecule has 0 aliphatic rings. The highest BCUT2D eigenvalue weighted by atomic mass is 28.3. The standard InChI is InChI=1S/C15H23NOSi/c1-13-5-6-14-7-8-16(15(14)11-13)12-17-9-10-18(2,3)4/h5-8,11H,9-10,12H2,1-4H3. The van der Waals surface area contributed by atoms with Gasteiger partial charge in [0.1, 0.15) is 6.73 Å².